The Morgan fingerprint density at radius 3 is 2.94 bits per heavy atom. The molecule has 2 rings (SSSR count). The molecule has 2 aliphatic rings. The van der Waals surface area contributed by atoms with Crippen molar-refractivity contribution in [2.45, 2.75) is 44.8 Å². The Bertz CT molecular complexity index is 233. The van der Waals surface area contributed by atoms with E-state index in [4.69, 9.17) is 4.74 Å². The number of nitrogens with one attached hydrogen (secondary N) is 2. The van der Waals surface area contributed by atoms with Crippen molar-refractivity contribution in [3.63, 3.8) is 0 Å². The Morgan fingerprint density at radius 2 is 2.31 bits per heavy atom. The van der Waals surface area contributed by atoms with E-state index in [1.165, 1.54) is 12.8 Å². The maximum absolute atomic E-state index is 11.8. The number of hydrogen-bond acceptors (Lipinski definition) is 3. The Balaban J connectivity index is 1.76. The summed E-state index contributed by atoms with van der Waals surface area (Å²) >= 11 is 0. The molecule has 0 aromatic carbocycles. The molecule has 16 heavy (non-hydrogen) atoms. The van der Waals surface area contributed by atoms with E-state index in [0.717, 1.165) is 32.5 Å². The highest BCUT2D eigenvalue weighted by Crippen LogP contribution is 2.16. The second-order valence-corrected chi connectivity index (χ2v) is 4.91. The van der Waals surface area contributed by atoms with Crippen molar-refractivity contribution in [3.8, 4) is 0 Å². The topological polar surface area (TPSA) is 50.4 Å². The van der Waals surface area contributed by atoms with E-state index in [1.54, 1.807) is 0 Å². The average Bonchev–Trinajstić information content (AvgIpc) is 2.83. The average molecular weight is 226 g/mol. The summed E-state index contributed by atoms with van der Waals surface area (Å²) in [6.45, 7) is 4.97. The number of ether oxygens (including phenoxy) is 1. The molecular weight excluding hydrogens is 204 g/mol. The fourth-order valence-corrected chi connectivity index (χ4v) is 2.53. The molecule has 2 N–H and O–H groups in total. The van der Waals surface area contributed by atoms with Crippen molar-refractivity contribution in [1.82, 2.24) is 10.6 Å². The first-order valence-corrected chi connectivity index (χ1v) is 6.40. The predicted molar refractivity (Wildman–Crippen MR) is 62.2 cm³/mol. The number of carbonyl (C=O) groups excluding carboxylic acids is 1. The molecule has 2 fully saturated rings. The van der Waals surface area contributed by atoms with E-state index in [9.17, 15) is 4.79 Å². The molecule has 0 radical (unpaired) electrons. The van der Waals surface area contributed by atoms with Crippen molar-refractivity contribution in [3.05, 3.63) is 0 Å². The van der Waals surface area contributed by atoms with E-state index in [-0.39, 0.29) is 18.1 Å². The minimum atomic E-state index is -0.195. The highest BCUT2D eigenvalue weighted by Gasteiger charge is 2.27. The van der Waals surface area contributed by atoms with Crippen LogP contribution in [-0.4, -0.2) is 37.7 Å². The van der Waals surface area contributed by atoms with Gasteiger partial charge in [0, 0.05) is 12.6 Å². The van der Waals surface area contributed by atoms with Gasteiger partial charge in [0.05, 0.1) is 0 Å². The second kappa shape index (κ2) is 5.64. The summed E-state index contributed by atoms with van der Waals surface area (Å²) in [6, 6.07) is 0.254. The molecule has 2 aliphatic heterocycles. The Hall–Kier alpha value is -0.610. The normalized spacial score (nSPS) is 32.3. The van der Waals surface area contributed by atoms with Crippen LogP contribution in [0.4, 0.5) is 0 Å². The van der Waals surface area contributed by atoms with Crippen molar-refractivity contribution in [2.75, 3.05) is 19.7 Å². The lowest BCUT2D eigenvalue weighted by atomic mass is 9.92. The predicted octanol–water partition coefficient (Wildman–Crippen LogP) is 0.670. The monoisotopic (exact) mass is 226 g/mol. The Kier molecular flexibility index (Phi) is 4.18. The van der Waals surface area contributed by atoms with Gasteiger partial charge in [-0.1, -0.05) is 0 Å². The van der Waals surface area contributed by atoms with Crippen LogP contribution in [0.15, 0.2) is 0 Å². The number of rotatable bonds is 3. The van der Waals surface area contributed by atoms with E-state index >= 15 is 0 Å². The summed E-state index contributed by atoms with van der Waals surface area (Å²) in [5.74, 6) is 0.648. The summed E-state index contributed by atoms with van der Waals surface area (Å²) in [7, 11) is 0. The number of hydrogen-bond donors (Lipinski definition) is 2. The third kappa shape index (κ3) is 2.95. The fourth-order valence-electron chi connectivity index (χ4n) is 2.53. The third-order valence-corrected chi connectivity index (χ3v) is 3.63. The van der Waals surface area contributed by atoms with Gasteiger partial charge in [-0.05, 0) is 51.6 Å². The first-order valence-electron chi connectivity index (χ1n) is 6.40. The summed E-state index contributed by atoms with van der Waals surface area (Å²) in [5, 5.41) is 6.46. The molecule has 0 aliphatic carbocycles. The van der Waals surface area contributed by atoms with Gasteiger partial charge in [-0.2, -0.15) is 0 Å². The first-order chi connectivity index (χ1) is 7.77. The molecule has 0 aromatic heterocycles. The molecule has 4 heteroatoms. The van der Waals surface area contributed by atoms with Crippen LogP contribution in [0.1, 0.15) is 32.6 Å². The van der Waals surface area contributed by atoms with Crippen LogP contribution in [0, 0.1) is 5.92 Å². The van der Waals surface area contributed by atoms with Crippen LogP contribution < -0.4 is 10.6 Å². The molecular formula is C12H22N2O2. The smallest absolute Gasteiger partial charge is 0.249 e. The minimum Gasteiger partial charge on any atom is -0.368 e. The standard InChI is InChI=1S/C12H22N2O2/c1-9(10-4-2-6-13-8-10)14-12(15)11-5-3-7-16-11/h9-11,13H,2-8H2,1H3,(H,14,15)/t9?,10?,11-/m1/s1. The number of piperidine rings is 1. The number of amides is 1. The van der Waals surface area contributed by atoms with Gasteiger partial charge in [-0.25, -0.2) is 0 Å². The fraction of sp³-hybridized carbons (Fsp3) is 0.917. The van der Waals surface area contributed by atoms with Gasteiger partial charge in [-0.15, -0.1) is 0 Å². The van der Waals surface area contributed by atoms with Crippen LogP contribution in [-0.2, 0) is 9.53 Å². The Labute approximate surface area is 97.1 Å². The number of carbonyl (C=O) groups is 1. The molecule has 2 saturated heterocycles. The van der Waals surface area contributed by atoms with E-state index in [2.05, 4.69) is 17.6 Å². The zero-order chi connectivity index (χ0) is 11.4. The minimum absolute atomic E-state index is 0.0792. The van der Waals surface area contributed by atoms with Crippen LogP contribution in [0.2, 0.25) is 0 Å². The molecule has 4 nitrogen and oxygen atoms in total. The largest absolute Gasteiger partial charge is 0.368 e. The first kappa shape index (κ1) is 11.9. The van der Waals surface area contributed by atoms with Gasteiger partial charge in [0.15, 0.2) is 0 Å². The summed E-state index contributed by atoms with van der Waals surface area (Å²) in [5.41, 5.74) is 0. The van der Waals surface area contributed by atoms with Crippen molar-refractivity contribution in [1.29, 1.82) is 0 Å². The van der Waals surface area contributed by atoms with E-state index < -0.39 is 0 Å². The lowest BCUT2D eigenvalue weighted by Gasteiger charge is -2.29. The molecule has 1 amide bonds. The molecule has 0 saturated carbocycles. The zero-order valence-electron chi connectivity index (χ0n) is 10.00. The van der Waals surface area contributed by atoms with E-state index in [1.807, 2.05) is 0 Å². The SMILES string of the molecule is CC(NC(=O)[C@H]1CCCO1)C1CCCNC1. The third-order valence-electron chi connectivity index (χ3n) is 3.63. The van der Waals surface area contributed by atoms with Gasteiger partial charge in [0.1, 0.15) is 6.10 Å². The molecule has 0 aromatic rings. The lowest BCUT2D eigenvalue weighted by molar-refractivity contribution is -0.131. The maximum Gasteiger partial charge on any atom is 0.249 e. The molecule has 0 spiro atoms. The van der Waals surface area contributed by atoms with Gasteiger partial charge >= 0.3 is 0 Å². The molecule has 3 atom stereocenters. The highest BCUT2D eigenvalue weighted by molar-refractivity contribution is 5.81. The van der Waals surface area contributed by atoms with Crippen molar-refractivity contribution in [2.24, 2.45) is 5.92 Å². The van der Waals surface area contributed by atoms with Crippen LogP contribution in [0.25, 0.3) is 0 Å². The van der Waals surface area contributed by atoms with Gasteiger partial charge in [0.2, 0.25) is 5.91 Å². The highest BCUT2D eigenvalue weighted by atomic mass is 16.5. The second-order valence-electron chi connectivity index (χ2n) is 4.91. The molecule has 0 bridgehead atoms. The van der Waals surface area contributed by atoms with Gasteiger partial charge in [0.25, 0.3) is 0 Å². The van der Waals surface area contributed by atoms with Gasteiger partial charge < -0.3 is 15.4 Å². The molecule has 92 valence electrons. The van der Waals surface area contributed by atoms with Crippen molar-refractivity contribution >= 4 is 5.91 Å². The van der Waals surface area contributed by atoms with Crippen LogP contribution in [0.5, 0.6) is 0 Å². The van der Waals surface area contributed by atoms with Crippen LogP contribution in [0.3, 0.4) is 0 Å². The van der Waals surface area contributed by atoms with Gasteiger partial charge in [-0.3, -0.25) is 4.79 Å². The quantitative estimate of drug-likeness (QED) is 0.743. The summed E-state index contributed by atoms with van der Waals surface area (Å²) in [4.78, 5) is 11.8. The Morgan fingerprint density at radius 1 is 1.44 bits per heavy atom. The molecule has 2 heterocycles. The maximum atomic E-state index is 11.8. The zero-order valence-corrected chi connectivity index (χ0v) is 10.00. The lowest BCUT2D eigenvalue weighted by Crippen LogP contribution is -2.47. The van der Waals surface area contributed by atoms with E-state index in [0.29, 0.717) is 5.92 Å². The van der Waals surface area contributed by atoms with Crippen molar-refractivity contribution < 1.29 is 9.53 Å². The summed E-state index contributed by atoms with van der Waals surface area (Å²) in [6.07, 6.45) is 4.11. The summed E-state index contributed by atoms with van der Waals surface area (Å²) < 4.78 is 5.38. The molecule has 2 unspecified atom stereocenters. The van der Waals surface area contributed by atoms with Crippen LogP contribution >= 0.6 is 0 Å².